The maximum Gasteiger partial charge on any atom is 0.257 e. The van der Waals surface area contributed by atoms with Gasteiger partial charge in [0.05, 0.1) is 17.7 Å². The van der Waals surface area contributed by atoms with Crippen molar-refractivity contribution >= 4 is 22.7 Å². The number of aromatic nitrogens is 2. The Hall–Kier alpha value is -2.68. The molecule has 31 heavy (non-hydrogen) atoms. The molecule has 6 heteroatoms. The van der Waals surface area contributed by atoms with Crippen molar-refractivity contribution in [2.45, 2.75) is 79.3 Å². The van der Waals surface area contributed by atoms with E-state index >= 15 is 0 Å². The number of carbonyl (C=O) groups excluding carboxylic acids is 2. The number of nitriles is 1. The molecule has 1 aliphatic carbocycles. The third-order valence-corrected chi connectivity index (χ3v) is 6.90. The Bertz CT molecular complexity index is 1000. The van der Waals surface area contributed by atoms with Gasteiger partial charge in [0, 0.05) is 30.2 Å². The van der Waals surface area contributed by atoms with Crippen molar-refractivity contribution in [3.8, 4) is 6.07 Å². The molecule has 166 valence electrons. The molecule has 0 aromatic carbocycles. The second-order valence-electron chi connectivity index (χ2n) is 9.32. The van der Waals surface area contributed by atoms with E-state index in [4.69, 9.17) is 5.26 Å². The average molecular weight is 423 g/mol. The van der Waals surface area contributed by atoms with Crippen LogP contribution in [0, 0.1) is 36.0 Å². The van der Waals surface area contributed by atoms with Crippen LogP contribution in [0.3, 0.4) is 0 Å². The van der Waals surface area contributed by atoms with Crippen molar-refractivity contribution in [2.24, 2.45) is 17.8 Å². The lowest BCUT2D eigenvalue weighted by Crippen LogP contribution is -2.48. The van der Waals surface area contributed by atoms with Crippen molar-refractivity contribution in [3.63, 3.8) is 0 Å². The summed E-state index contributed by atoms with van der Waals surface area (Å²) in [5.74, 6) is 1.27. The minimum Gasteiger partial charge on any atom is -0.345 e. The monoisotopic (exact) mass is 422 g/mol. The molecule has 1 fully saturated rings. The number of nitrogens with zero attached hydrogens (tertiary/aromatic N) is 3. The number of pyridine rings is 1. The Morgan fingerprint density at radius 1 is 1.42 bits per heavy atom. The van der Waals surface area contributed by atoms with Crippen LogP contribution in [0.5, 0.6) is 0 Å². The molecule has 2 aromatic rings. The lowest BCUT2D eigenvalue weighted by atomic mass is 9.83. The van der Waals surface area contributed by atoms with E-state index in [9.17, 15) is 9.59 Å². The Morgan fingerprint density at radius 2 is 2.16 bits per heavy atom. The molecule has 1 saturated carbocycles. The number of aryl methyl sites for hydroxylation is 1. The summed E-state index contributed by atoms with van der Waals surface area (Å²) in [6.07, 6.45) is 9.26. The molecule has 6 nitrogen and oxygen atoms in total. The van der Waals surface area contributed by atoms with Gasteiger partial charge in [-0.3, -0.25) is 9.59 Å². The number of hydrogen-bond donors (Lipinski definition) is 1. The Labute approximate surface area is 185 Å². The van der Waals surface area contributed by atoms with Crippen LogP contribution in [-0.2, 0) is 11.3 Å². The minimum atomic E-state index is -0.372. The van der Waals surface area contributed by atoms with Crippen molar-refractivity contribution in [1.29, 1.82) is 5.26 Å². The fraction of sp³-hybridized carbons (Fsp3) is 0.600. The highest BCUT2D eigenvalue weighted by Gasteiger charge is 2.37. The summed E-state index contributed by atoms with van der Waals surface area (Å²) in [4.78, 5) is 34.2. The maximum absolute atomic E-state index is 12.9. The van der Waals surface area contributed by atoms with Crippen molar-refractivity contribution in [2.75, 3.05) is 0 Å². The van der Waals surface area contributed by atoms with E-state index in [0.29, 0.717) is 18.0 Å². The number of nitrogens with one attached hydrogen (secondary N) is 1. The number of ketones is 1. The van der Waals surface area contributed by atoms with Crippen molar-refractivity contribution in [1.82, 2.24) is 14.9 Å². The molecule has 0 spiro atoms. The van der Waals surface area contributed by atoms with E-state index in [0.717, 1.165) is 47.3 Å². The molecule has 0 radical (unpaired) electrons. The van der Waals surface area contributed by atoms with E-state index in [1.807, 2.05) is 27.0 Å². The fourth-order valence-electron chi connectivity index (χ4n) is 4.95. The van der Waals surface area contributed by atoms with Crippen molar-refractivity contribution in [3.05, 3.63) is 29.1 Å². The van der Waals surface area contributed by atoms with Gasteiger partial charge in [0.25, 0.3) is 5.91 Å². The summed E-state index contributed by atoms with van der Waals surface area (Å²) in [6.45, 7) is 10.4. The molecule has 2 aliphatic rings. The van der Waals surface area contributed by atoms with Gasteiger partial charge in [0.15, 0.2) is 5.78 Å². The van der Waals surface area contributed by atoms with Crippen LogP contribution in [-0.4, -0.2) is 32.6 Å². The number of H-pyrrole nitrogens is 1. The number of aromatic amines is 1. The SMILES string of the molecule is CC1CCCC(C#N)C1.CCC(C)C(C(C)=O)N1Cc2c(C)cnc3[nH]cc(c23)C1=O. The lowest BCUT2D eigenvalue weighted by molar-refractivity contribution is -0.123. The molecule has 4 rings (SSSR count). The van der Waals surface area contributed by atoms with E-state index in [2.05, 4.69) is 23.0 Å². The predicted molar refractivity (Wildman–Crippen MR) is 121 cm³/mol. The Kier molecular flexibility index (Phi) is 7.15. The van der Waals surface area contributed by atoms with Gasteiger partial charge in [-0.15, -0.1) is 0 Å². The quantitative estimate of drug-likeness (QED) is 0.736. The summed E-state index contributed by atoms with van der Waals surface area (Å²) in [5.41, 5.74) is 3.52. The number of Topliss-reactive ketones (excluding diaryl/α,β-unsaturated/α-hetero) is 1. The summed E-state index contributed by atoms with van der Waals surface area (Å²) in [6, 6.07) is 1.96. The topological polar surface area (TPSA) is 89.8 Å². The summed E-state index contributed by atoms with van der Waals surface area (Å²) in [5, 5.41) is 9.47. The highest BCUT2D eigenvalue weighted by molar-refractivity contribution is 6.10. The number of hydrogen-bond acceptors (Lipinski definition) is 4. The Morgan fingerprint density at radius 3 is 2.74 bits per heavy atom. The van der Waals surface area contributed by atoms with Gasteiger partial charge in [-0.1, -0.05) is 40.0 Å². The first-order chi connectivity index (χ1) is 14.8. The summed E-state index contributed by atoms with van der Waals surface area (Å²) < 4.78 is 0. The first-order valence-electron chi connectivity index (χ1n) is 11.4. The third-order valence-electron chi connectivity index (χ3n) is 6.90. The van der Waals surface area contributed by atoms with Crippen LogP contribution in [0.1, 0.15) is 81.3 Å². The Balaban J connectivity index is 0.000000254. The predicted octanol–water partition coefficient (Wildman–Crippen LogP) is 5.17. The normalized spacial score (nSPS) is 22.3. The second kappa shape index (κ2) is 9.64. The zero-order chi connectivity index (χ0) is 22.7. The lowest BCUT2D eigenvalue weighted by Gasteiger charge is -2.36. The molecule has 2 aromatic heterocycles. The zero-order valence-electron chi connectivity index (χ0n) is 19.4. The zero-order valence-corrected chi connectivity index (χ0v) is 19.4. The van der Waals surface area contributed by atoms with E-state index < -0.39 is 0 Å². The van der Waals surface area contributed by atoms with Gasteiger partial charge in [-0.05, 0) is 49.7 Å². The number of amides is 1. The largest absolute Gasteiger partial charge is 0.345 e. The van der Waals surface area contributed by atoms with Gasteiger partial charge >= 0.3 is 0 Å². The van der Waals surface area contributed by atoms with Crippen LogP contribution in [0.2, 0.25) is 0 Å². The van der Waals surface area contributed by atoms with Gasteiger partial charge < -0.3 is 9.88 Å². The molecule has 1 aliphatic heterocycles. The van der Waals surface area contributed by atoms with Crippen LogP contribution < -0.4 is 0 Å². The van der Waals surface area contributed by atoms with Crippen LogP contribution in [0.15, 0.2) is 12.4 Å². The number of carbonyl (C=O) groups is 2. The molecule has 0 saturated heterocycles. The first kappa shape index (κ1) is 23.0. The molecule has 4 atom stereocenters. The maximum atomic E-state index is 12.9. The molecule has 1 N–H and O–H groups in total. The van der Waals surface area contributed by atoms with Gasteiger partial charge in [-0.2, -0.15) is 5.26 Å². The summed E-state index contributed by atoms with van der Waals surface area (Å²) in [7, 11) is 0. The van der Waals surface area contributed by atoms with Crippen LogP contribution in [0.4, 0.5) is 0 Å². The van der Waals surface area contributed by atoms with Crippen molar-refractivity contribution < 1.29 is 9.59 Å². The van der Waals surface area contributed by atoms with Gasteiger partial charge in [0.2, 0.25) is 0 Å². The van der Waals surface area contributed by atoms with E-state index in [-0.39, 0.29) is 23.7 Å². The van der Waals surface area contributed by atoms with Gasteiger partial charge in [-0.25, -0.2) is 4.98 Å². The highest BCUT2D eigenvalue weighted by atomic mass is 16.2. The average Bonchev–Trinajstić information content (AvgIpc) is 3.18. The standard InChI is InChI=1S/C17H21N3O2.C8H13N/c1-5-9(2)15(11(4)21)20-8-13-10(3)6-18-16-14(13)12(7-19-16)17(20)22;1-7-3-2-4-8(5-7)6-9/h6-7,9,15H,5,8H2,1-4H3,(H,18,19);7-8H,2-5H2,1H3. The van der Waals surface area contributed by atoms with Crippen LogP contribution in [0.25, 0.3) is 11.0 Å². The summed E-state index contributed by atoms with van der Waals surface area (Å²) >= 11 is 0. The second-order valence-corrected chi connectivity index (χ2v) is 9.32. The van der Waals surface area contributed by atoms with E-state index in [1.54, 1.807) is 18.0 Å². The van der Waals surface area contributed by atoms with E-state index in [1.165, 1.54) is 12.8 Å². The highest BCUT2D eigenvalue weighted by Crippen LogP contribution is 2.33. The minimum absolute atomic E-state index is 0.0460. The van der Waals surface area contributed by atoms with Gasteiger partial charge in [0.1, 0.15) is 5.65 Å². The first-order valence-corrected chi connectivity index (χ1v) is 11.4. The van der Waals surface area contributed by atoms with Crippen LogP contribution >= 0.6 is 0 Å². The fourth-order valence-corrected chi connectivity index (χ4v) is 4.95. The molecular weight excluding hydrogens is 388 g/mol. The smallest absolute Gasteiger partial charge is 0.257 e. The molecule has 0 bridgehead atoms. The number of rotatable bonds is 4. The molecule has 3 heterocycles. The molecule has 4 unspecified atom stereocenters. The molecule has 1 amide bonds. The molecular formula is C25H34N4O2. The third kappa shape index (κ3) is 4.66.